The van der Waals surface area contributed by atoms with Crippen molar-refractivity contribution < 1.29 is 19.4 Å². The number of hydrogen-bond donors (Lipinski definition) is 1. The molecule has 4 aliphatic rings. The maximum Gasteiger partial charge on any atom is 0.335 e. The van der Waals surface area contributed by atoms with Crippen LogP contribution in [0.4, 0.5) is 0 Å². The monoisotopic (exact) mass is 482 g/mol. The number of hydrogen-bond acceptors (Lipinski definition) is 3. The molecule has 3 saturated carbocycles. The van der Waals surface area contributed by atoms with Gasteiger partial charge < -0.3 is 9.84 Å². The highest BCUT2D eigenvalue weighted by atomic mass is 16.5. The average Bonchev–Trinajstić information content (AvgIpc) is 2.85. The molecule has 1 N–H and O–H groups in total. The second kappa shape index (κ2) is 9.90. The van der Waals surface area contributed by atoms with Gasteiger partial charge >= 0.3 is 11.9 Å². The summed E-state index contributed by atoms with van der Waals surface area (Å²) < 4.78 is 6.19. The Labute approximate surface area is 212 Å². The second-order valence-corrected chi connectivity index (χ2v) is 12.8. The number of carbonyl (C=O) groups is 2. The van der Waals surface area contributed by atoms with E-state index in [1.165, 1.54) is 43.8 Å². The van der Waals surface area contributed by atoms with E-state index in [9.17, 15) is 14.7 Å². The van der Waals surface area contributed by atoms with Gasteiger partial charge in [0.1, 0.15) is 6.10 Å². The first-order valence-electron chi connectivity index (χ1n) is 14.1. The maximum absolute atomic E-state index is 12.9. The highest BCUT2D eigenvalue weighted by Crippen LogP contribution is 2.68. The molecule has 0 saturated heterocycles. The first-order chi connectivity index (χ1) is 16.6. The quantitative estimate of drug-likeness (QED) is 0.308. The third-order valence-electron chi connectivity index (χ3n) is 10.6. The van der Waals surface area contributed by atoms with Crippen LogP contribution in [0.1, 0.15) is 117 Å². The molecular formula is C31H46O4. The first-order valence-corrected chi connectivity index (χ1v) is 14.1. The Bertz CT molecular complexity index is 865. The molecule has 4 rings (SSSR count). The summed E-state index contributed by atoms with van der Waals surface area (Å²) in [5.74, 6) is -1.48. The van der Waals surface area contributed by atoms with Crippen LogP contribution in [0.2, 0.25) is 0 Å². The van der Waals surface area contributed by atoms with Crippen LogP contribution >= 0.6 is 0 Å². The standard InChI is InChI=1S/C31H46O4/c1-5-25(32)35-26-24(27(33)34)21-23(28(2)15-9-6-10-16-28)22-31(26,29(3)17-11-7-12-18-29)30(4)19-13-8-14-20-30/h5,21-22,26H,1,6-20H2,2-4H3,(H,33,34). The van der Waals surface area contributed by atoms with E-state index in [-0.39, 0.29) is 21.8 Å². The molecule has 0 amide bonds. The smallest absolute Gasteiger partial charge is 0.335 e. The highest BCUT2D eigenvalue weighted by molar-refractivity contribution is 5.91. The van der Waals surface area contributed by atoms with Gasteiger partial charge in [0, 0.05) is 11.5 Å². The number of esters is 1. The molecule has 0 aliphatic heterocycles. The summed E-state index contributed by atoms with van der Waals surface area (Å²) in [5, 5.41) is 10.6. The summed E-state index contributed by atoms with van der Waals surface area (Å²) in [7, 11) is 0. The normalized spacial score (nSPS) is 29.3. The van der Waals surface area contributed by atoms with Gasteiger partial charge in [-0.25, -0.2) is 9.59 Å². The lowest BCUT2D eigenvalue weighted by Gasteiger charge is -2.63. The molecule has 0 radical (unpaired) electrons. The van der Waals surface area contributed by atoms with Crippen molar-refractivity contribution in [1.82, 2.24) is 0 Å². The summed E-state index contributed by atoms with van der Waals surface area (Å²) in [4.78, 5) is 25.7. The third kappa shape index (κ3) is 4.44. The van der Waals surface area contributed by atoms with Gasteiger partial charge in [0.25, 0.3) is 0 Å². The number of carboxylic acid groups (broad SMARTS) is 1. The lowest BCUT2D eigenvalue weighted by Crippen LogP contribution is -2.61. The zero-order valence-corrected chi connectivity index (χ0v) is 22.3. The van der Waals surface area contributed by atoms with E-state index in [0.717, 1.165) is 64.2 Å². The number of aliphatic carboxylic acids is 1. The van der Waals surface area contributed by atoms with Gasteiger partial charge in [0.15, 0.2) is 0 Å². The van der Waals surface area contributed by atoms with Gasteiger partial charge in [0.05, 0.1) is 5.57 Å². The summed E-state index contributed by atoms with van der Waals surface area (Å²) in [6.45, 7) is 10.7. The predicted molar refractivity (Wildman–Crippen MR) is 140 cm³/mol. The highest BCUT2D eigenvalue weighted by Gasteiger charge is 2.65. The van der Waals surface area contributed by atoms with Crippen LogP contribution in [0.25, 0.3) is 0 Å². The summed E-state index contributed by atoms with van der Waals surface area (Å²) in [6, 6.07) is 0. The van der Waals surface area contributed by atoms with Crippen molar-refractivity contribution >= 4 is 11.9 Å². The largest absolute Gasteiger partial charge is 0.478 e. The minimum absolute atomic E-state index is 0.0341. The van der Waals surface area contributed by atoms with Crippen molar-refractivity contribution in [2.45, 2.75) is 123 Å². The third-order valence-corrected chi connectivity index (χ3v) is 10.6. The number of allylic oxidation sites excluding steroid dienone is 2. The van der Waals surface area contributed by atoms with E-state index in [2.05, 4.69) is 33.4 Å². The molecule has 4 aliphatic carbocycles. The molecule has 0 heterocycles. The van der Waals surface area contributed by atoms with Crippen LogP contribution in [-0.2, 0) is 14.3 Å². The van der Waals surface area contributed by atoms with E-state index >= 15 is 0 Å². The van der Waals surface area contributed by atoms with Crippen molar-refractivity contribution in [3.63, 3.8) is 0 Å². The Hall–Kier alpha value is -1.84. The van der Waals surface area contributed by atoms with E-state index < -0.39 is 23.5 Å². The van der Waals surface area contributed by atoms with Crippen LogP contribution in [-0.4, -0.2) is 23.1 Å². The molecule has 0 aromatic heterocycles. The minimum atomic E-state index is -0.958. The molecule has 1 atom stereocenters. The Kier molecular flexibility index (Phi) is 7.42. The molecular weight excluding hydrogens is 436 g/mol. The Balaban J connectivity index is 2.01. The van der Waals surface area contributed by atoms with E-state index in [0.29, 0.717) is 0 Å². The van der Waals surface area contributed by atoms with E-state index in [1.807, 2.05) is 6.08 Å². The van der Waals surface area contributed by atoms with Crippen molar-refractivity contribution in [2.24, 2.45) is 21.7 Å². The number of rotatable bonds is 6. The minimum Gasteiger partial charge on any atom is -0.478 e. The zero-order valence-electron chi connectivity index (χ0n) is 22.3. The summed E-state index contributed by atoms with van der Waals surface area (Å²) in [5.41, 5.74) is 0.566. The Morgan fingerprint density at radius 2 is 1.31 bits per heavy atom. The fourth-order valence-corrected chi connectivity index (χ4v) is 8.52. The molecule has 1 unspecified atom stereocenters. The number of carboxylic acids is 1. The van der Waals surface area contributed by atoms with Crippen LogP contribution in [0.3, 0.4) is 0 Å². The molecule has 35 heavy (non-hydrogen) atoms. The van der Waals surface area contributed by atoms with Crippen molar-refractivity contribution in [1.29, 1.82) is 0 Å². The van der Waals surface area contributed by atoms with Gasteiger partial charge in [-0.05, 0) is 66.4 Å². The molecule has 0 aromatic rings. The Morgan fingerprint density at radius 3 is 1.74 bits per heavy atom. The SMILES string of the molecule is C=CC(=O)OC1C(C(=O)O)=CC(C2(C)CCCCC2)=CC1(C1(C)CCCCC1)C1(C)CCCCC1. The second-order valence-electron chi connectivity index (χ2n) is 12.8. The van der Waals surface area contributed by atoms with E-state index in [4.69, 9.17) is 4.74 Å². The van der Waals surface area contributed by atoms with Crippen LogP contribution in [0, 0.1) is 21.7 Å². The van der Waals surface area contributed by atoms with Gasteiger partial charge in [-0.3, -0.25) is 0 Å². The topological polar surface area (TPSA) is 63.6 Å². The molecule has 194 valence electrons. The van der Waals surface area contributed by atoms with Crippen LogP contribution < -0.4 is 0 Å². The molecule has 3 fully saturated rings. The van der Waals surface area contributed by atoms with E-state index in [1.54, 1.807) is 0 Å². The molecule has 4 nitrogen and oxygen atoms in total. The molecule has 0 bridgehead atoms. The lowest BCUT2D eigenvalue weighted by atomic mass is 9.41. The van der Waals surface area contributed by atoms with Gasteiger partial charge in [-0.15, -0.1) is 0 Å². The summed E-state index contributed by atoms with van der Waals surface area (Å²) >= 11 is 0. The summed E-state index contributed by atoms with van der Waals surface area (Å²) in [6.07, 6.45) is 21.7. The first kappa shape index (κ1) is 26.2. The lowest BCUT2D eigenvalue weighted by molar-refractivity contribution is -0.175. The van der Waals surface area contributed by atoms with Crippen LogP contribution in [0.15, 0.2) is 36.0 Å². The Morgan fingerprint density at radius 1 is 0.857 bits per heavy atom. The van der Waals surface area contributed by atoms with Gasteiger partial charge in [0.2, 0.25) is 0 Å². The van der Waals surface area contributed by atoms with Gasteiger partial charge in [-0.2, -0.15) is 0 Å². The predicted octanol–water partition coefficient (Wildman–Crippen LogP) is 7.93. The molecule has 0 aromatic carbocycles. The maximum atomic E-state index is 12.9. The fourth-order valence-electron chi connectivity index (χ4n) is 8.52. The fraction of sp³-hybridized carbons (Fsp3) is 0.742. The molecule has 0 spiro atoms. The van der Waals surface area contributed by atoms with Crippen molar-refractivity contribution in [3.8, 4) is 0 Å². The number of ether oxygens (including phenoxy) is 1. The average molecular weight is 483 g/mol. The van der Waals surface area contributed by atoms with Crippen molar-refractivity contribution in [2.75, 3.05) is 0 Å². The number of carbonyl (C=O) groups excluding carboxylic acids is 1. The van der Waals surface area contributed by atoms with Crippen LogP contribution in [0.5, 0.6) is 0 Å². The van der Waals surface area contributed by atoms with Gasteiger partial charge in [-0.1, -0.05) is 91.2 Å². The zero-order chi connectivity index (χ0) is 25.3. The van der Waals surface area contributed by atoms with Crippen molar-refractivity contribution in [3.05, 3.63) is 36.0 Å². The molecule has 4 heteroatoms.